The van der Waals surface area contributed by atoms with Crippen molar-refractivity contribution in [3.05, 3.63) is 63.9 Å². The highest BCUT2D eigenvalue weighted by Crippen LogP contribution is 2.19. The van der Waals surface area contributed by atoms with E-state index in [0.717, 1.165) is 35.0 Å². The van der Waals surface area contributed by atoms with E-state index in [9.17, 15) is 5.26 Å². The second-order valence-electron chi connectivity index (χ2n) is 5.68. The number of nitriles is 1. The monoisotopic (exact) mass is 337 g/mol. The van der Waals surface area contributed by atoms with Gasteiger partial charge < -0.3 is 4.90 Å². The summed E-state index contributed by atoms with van der Waals surface area (Å²) in [6, 6.07) is 12.3. The van der Waals surface area contributed by atoms with Gasteiger partial charge in [-0.1, -0.05) is 18.2 Å². The molecular formula is C18H19N5S. The van der Waals surface area contributed by atoms with E-state index in [1.54, 1.807) is 11.3 Å². The molecule has 0 aliphatic rings. The number of benzene rings is 1. The second-order valence-corrected chi connectivity index (χ2v) is 6.66. The van der Waals surface area contributed by atoms with E-state index < -0.39 is 0 Å². The Balaban J connectivity index is 1.82. The number of rotatable bonds is 6. The smallest absolute Gasteiger partial charge is 0.103 e. The highest BCUT2D eigenvalue weighted by Gasteiger charge is 2.17. The molecule has 0 unspecified atom stereocenters. The lowest BCUT2D eigenvalue weighted by Gasteiger charge is -2.17. The van der Waals surface area contributed by atoms with Crippen LogP contribution >= 0.6 is 11.3 Å². The van der Waals surface area contributed by atoms with Crippen LogP contribution in [0, 0.1) is 18.3 Å². The van der Waals surface area contributed by atoms with E-state index >= 15 is 0 Å². The first-order valence-corrected chi connectivity index (χ1v) is 8.68. The number of aromatic nitrogens is 3. The first-order valence-electron chi connectivity index (χ1n) is 7.80. The summed E-state index contributed by atoms with van der Waals surface area (Å²) in [5.74, 6) is 0. The summed E-state index contributed by atoms with van der Waals surface area (Å²) in [4.78, 5) is 6.53. The van der Waals surface area contributed by atoms with E-state index in [4.69, 9.17) is 0 Å². The molecule has 5 nitrogen and oxygen atoms in total. The molecule has 0 saturated heterocycles. The van der Waals surface area contributed by atoms with Gasteiger partial charge in [0.2, 0.25) is 0 Å². The summed E-state index contributed by atoms with van der Waals surface area (Å²) >= 11 is 1.68. The second kappa shape index (κ2) is 7.39. The highest BCUT2D eigenvalue weighted by molar-refractivity contribution is 7.09. The van der Waals surface area contributed by atoms with Crippen LogP contribution in [0.3, 0.4) is 0 Å². The van der Waals surface area contributed by atoms with E-state index in [0.29, 0.717) is 12.1 Å². The zero-order valence-corrected chi connectivity index (χ0v) is 14.6. The molecule has 2 heterocycles. The average molecular weight is 337 g/mol. The van der Waals surface area contributed by atoms with Crippen molar-refractivity contribution >= 4 is 11.3 Å². The molecule has 2 aromatic heterocycles. The standard InChI is InChI=1S/C18H19N5S/c1-14-16(12-19)17(23(21-14)15-6-4-3-5-7-15)13-22(2)10-8-18-20-9-11-24-18/h3-7,9,11H,8,10,13H2,1-2H3. The molecule has 0 bridgehead atoms. The number of hydrogen-bond acceptors (Lipinski definition) is 5. The van der Waals surface area contributed by atoms with Gasteiger partial charge in [0.1, 0.15) is 6.07 Å². The Morgan fingerprint density at radius 2 is 2.08 bits per heavy atom. The molecule has 6 heteroatoms. The maximum Gasteiger partial charge on any atom is 0.103 e. The summed E-state index contributed by atoms with van der Waals surface area (Å²) < 4.78 is 1.88. The molecule has 24 heavy (non-hydrogen) atoms. The minimum absolute atomic E-state index is 0.667. The number of para-hydroxylation sites is 1. The van der Waals surface area contributed by atoms with Crippen LogP contribution in [0.25, 0.3) is 5.69 Å². The molecule has 122 valence electrons. The van der Waals surface area contributed by atoms with Crippen LogP contribution in [0.5, 0.6) is 0 Å². The fourth-order valence-corrected chi connectivity index (χ4v) is 3.26. The Morgan fingerprint density at radius 1 is 1.29 bits per heavy atom. The van der Waals surface area contributed by atoms with Crippen LogP contribution in [0.15, 0.2) is 41.9 Å². The van der Waals surface area contributed by atoms with Crippen molar-refractivity contribution in [2.75, 3.05) is 13.6 Å². The minimum Gasteiger partial charge on any atom is -0.300 e. The zero-order valence-electron chi connectivity index (χ0n) is 13.8. The molecule has 0 N–H and O–H groups in total. The fourth-order valence-electron chi connectivity index (χ4n) is 2.65. The lowest BCUT2D eigenvalue weighted by atomic mass is 10.2. The molecule has 3 rings (SSSR count). The molecule has 0 amide bonds. The highest BCUT2D eigenvalue weighted by atomic mass is 32.1. The summed E-state index contributed by atoms with van der Waals surface area (Å²) in [6.07, 6.45) is 2.75. The molecule has 0 aliphatic carbocycles. The molecule has 0 radical (unpaired) electrons. The third kappa shape index (κ3) is 3.53. The van der Waals surface area contributed by atoms with Crippen molar-refractivity contribution in [2.45, 2.75) is 19.9 Å². The lowest BCUT2D eigenvalue weighted by molar-refractivity contribution is 0.323. The van der Waals surface area contributed by atoms with E-state index in [1.807, 2.05) is 53.5 Å². The number of aryl methyl sites for hydroxylation is 1. The van der Waals surface area contributed by atoms with Crippen molar-refractivity contribution in [3.63, 3.8) is 0 Å². The van der Waals surface area contributed by atoms with Crippen molar-refractivity contribution in [1.29, 1.82) is 5.26 Å². The zero-order chi connectivity index (χ0) is 16.9. The summed E-state index contributed by atoms with van der Waals surface area (Å²) in [6.45, 7) is 3.44. The predicted octanol–water partition coefficient (Wildman–Crippen LogP) is 3.18. The Kier molecular flexibility index (Phi) is 5.04. The van der Waals surface area contributed by atoms with Gasteiger partial charge in [-0.2, -0.15) is 10.4 Å². The number of thiazole rings is 1. The molecule has 0 atom stereocenters. The van der Waals surface area contributed by atoms with Gasteiger partial charge in [0.25, 0.3) is 0 Å². The van der Waals surface area contributed by atoms with Gasteiger partial charge in [-0.05, 0) is 26.1 Å². The van der Waals surface area contributed by atoms with Crippen molar-refractivity contribution in [1.82, 2.24) is 19.7 Å². The summed E-state index contributed by atoms with van der Waals surface area (Å²) in [5, 5.41) is 17.2. The Labute approximate surface area is 145 Å². The summed E-state index contributed by atoms with van der Waals surface area (Å²) in [7, 11) is 2.06. The number of likely N-dealkylation sites (N-methyl/N-ethyl adjacent to an activating group) is 1. The SMILES string of the molecule is Cc1nn(-c2ccccc2)c(CN(C)CCc2nccs2)c1C#N. The van der Waals surface area contributed by atoms with Gasteiger partial charge >= 0.3 is 0 Å². The number of nitrogens with zero attached hydrogens (tertiary/aromatic N) is 5. The maximum absolute atomic E-state index is 9.52. The minimum atomic E-state index is 0.667. The number of hydrogen-bond donors (Lipinski definition) is 0. The Hall–Kier alpha value is -2.49. The Bertz CT molecular complexity index is 830. The van der Waals surface area contributed by atoms with Crippen LogP contribution in [0.1, 0.15) is 22.0 Å². The van der Waals surface area contributed by atoms with Gasteiger partial charge in [-0.25, -0.2) is 9.67 Å². The fraction of sp³-hybridized carbons (Fsp3) is 0.278. The maximum atomic E-state index is 9.52. The molecule has 0 saturated carbocycles. The molecule has 1 aromatic carbocycles. The van der Waals surface area contributed by atoms with Crippen LogP contribution in [-0.2, 0) is 13.0 Å². The van der Waals surface area contributed by atoms with E-state index in [1.165, 1.54) is 0 Å². The molecular weight excluding hydrogens is 318 g/mol. The predicted molar refractivity (Wildman–Crippen MR) is 95.2 cm³/mol. The van der Waals surface area contributed by atoms with Crippen LogP contribution < -0.4 is 0 Å². The quantitative estimate of drug-likeness (QED) is 0.693. The molecule has 0 fully saturated rings. The van der Waals surface area contributed by atoms with Gasteiger partial charge in [0.05, 0.1) is 27.6 Å². The van der Waals surface area contributed by atoms with Gasteiger partial charge in [0, 0.05) is 31.1 Å². The molecule has 0 spiro atoms. The topological polar surface area (TPSA) is 57.7 Å². The largest absolute Gasteiger partial charge is 0.300 e. The van der Waals surface area contributed by atoms with Crippen molar-refractivity contribution < 1.29 is 0 Å². The van der Waals surface area contributed by atoms with E-state index in [-0.39, 0.29) is 0 Å². The van der Waals surface area contributed by atoms with Crippen molar-refractivity contribution in [2.24, 2.45) is 0 Å². The third-order valence-corrected chi connectivity index (χ3v) is 4.72. The first kappa shape index (κ1) is 16.4. The average Bonchev–Trinajstić information content (AvgIpc) is 3.22. The molecule has 0 aliphatic heterocycles. The van der Waals surface area contributed by atoms with Crippen molar-refractivity contribution in [3.8, 4) is 11.8 Å². The first-order chi connectivity index (χ1) is 11.7. The van der Waals surface area contributed by atoms with Gasteiger partial charge in [-0.3, -0.25) is 0 Å². The van der Waals surface area contributed by atoms with E-state index in [2.05, 4.69) is 28.1 Å². The Morgan fingerprint density at radius 3 is 2.75 bits per heavy atom. The lowest BCUT2D eigenvalue weighted by Crippen LogP contribution is -2.23. The molecule has 3 aromatic rings. The van der Waals surface area contributed by atoms with Crippen LogP contribution in [0.4, 0.5) is 0 Å². The van der Waals surface area contributed by atoms with Crippen LogP contribution in [0.2, 0.25) is 0 Å². The van der Waals surface area contributed by atoms with Crippen LogP contribution in [-0.4, -0.2) is 33.3 Å². The van der Waals surface area contributed by atoms with Gasteiger partial charge in [-0.15, -0.1) is 11.3 Å². The third-order valence-electron chi connectivity index (χ3n) is 3.88. The van der Waals surface area contributed by atoms with Gasteiger partial charge in [0.15, 0.2) is 0 Å². The normalized spacial score (nSPS) is 10.9. The summed E-state index contributed by atoms with van der Waals surface area (Å²) in [5.41, 5.74) is 3.35.